The minimum Gasteiger partial charge on any atom is -0.452 e. The van der Waals surface area contributed by atoms with Crippen LogP contribution in [0.15, 0.2) is 36.4 Å². The Morgan fingerprint density at radius 2 is 1.91 bits per heavy atom. The van der Waals surface area contributed by atoms with Crippen LogP contribution >= 0.6 is 11.6 Å². The fraction of sp³-hybridized carbons (Fsp3) is 0.176. The van der Waals surface area contributed by atoms with E-state index in [2.05, 4.69) is 5.32 Å². The van der Waals surface area contributed by atoms with E-state index in [0.717, 1.165) is 17.2 Å². The lowest BCUT2D eigenvalue weighted by Gasteiger charge is -2.09. The molecule has 0 atom stereocenters. The molecule has 0 saturated carbocycles. The summed E-state index contributed by atoms with van der Waals surface area (Å²) >= 11 is 5.62. The van der Waals surface area contributed by atoms with E-state index in [1.807, 2.05) is 13.0 Å². The van der Waals surface area contributed by atoms with Crippen molar-refractivity contribution in [2.45, 2.75) is 13.8 Å². The Morgan fingerprint density at radius 1 is 1.17 bits per heavy atom. The van der Waals surface area contributed by atoms with Crippen molar-refractivity contribution in [2.75, 3.05) is 11.9 Å². The van der Waals surface area contributed by atoms with E-state index < -0.39 is 24.3 Å². The van der Waals surface area contributed by atoms with Gasteiger partial charge in [0, 0.05) is 5.69 Å². The summed E-state index contributed by atoms with van der Waals surface area (Å²) < 4.78 is 18.0. The second-order valence-electron chi connectivity index (χ2n) is 5.07. The molecule has 0 bridgehead atoms. The number of benzene rings is 2. The van der Waals surface area contributed by atoms with Crippen LogP contribution in [0.2, 0.25) is 5.02 Å². The van der Waals surface area contributed by atoms with Crippen LogP contribution in [0.4, 0.5) is 10.1 Å². The topological polar surface area (TPSA) is 55.4 Å². The summed E-state index contributed by atoms with van der Waals surface area (Å²) in [5, 5.41) is 2.37. The normalized spacial score (nSPS) is 10.3. The number of nitrogens with one attached hydrogen (secondary N) is 1. The van der Waals surface area contributed by atoms with Crippen LogP contribution in [0.3, 0.4) is 0 Å². The first-order chi connectivity index (χ1) is 10.9. The summed E-state index contributed by atoms with van der Waals surface area (Å²) in [5.41, 5.74) is 2.54. The molecule has 0 radical (unpaired) electrons. The zero-order valence-corrected chi connectivity index (χ0v) is 13.4. The molecule has 0 unspecified atom stereocenters. The molecule has 0 heterocycles. The Hall–Kier alpha value is -2.40. The van der Waals surface area contributed by atoms with Crippen molar-refractivity contribution in [3.05, 3.63) is 63.9 Å². The summed E-state index contributed by atoms with van der Waals surface area (Å²) in [5.74, 6) is -1.69. The summed E-state index contributed by atoms with van der Waals surface area (Å²) in [7, 11) is 0. The molecule has 6 heteroatoms. The Kier molecular flexibility index (Phi) is 5.34. The molecule has 0 spiro atoms. The van der Waals surface area contributed by atoms with Gasteiger partial charge in [-0.3, -0.25) is 4.79 Å². The highest BCUT2D eigenvalue weighted by Gasteiger charge is 2.13. The van der Waals surface area contributed by atoms with Gasteiger partial charge in [0.05, 0.1) is 10.6 Å². The molecule has 4 nitrogen and oxygen atoms in total. The van der Waals surface area contributed by atoms with Crippen LogP contribution in [0, 0.1) is 19.7 Å². The number of hydrogen-bond donors (Lipinski definition) is 1. The van der Waals surface area contributed by atoms with E-state index in [-0.39, 0.29) is 5.02 Å². The molecule has 2 aromatic rings. The van der Waals surface area contributed by atoms with E-state index in [0.29, 0.717) is 11.3 Å². The van der Waals surface area contributed by atoms with Crippen LogP contribution < -0.4 is 5.32 Å². The zero-order valence-electron chi connectivity index (χ0n) is 12.7. The number of carbonyl (C=O) groups excluding carboxylic acids is 2. The van der Waals surface area contributed by atoms with Gasteiger partial charge >= 0.3 is 5.97 Å². The Labute approximate surface area is 138 Å². The van der Waals surface area contributed by atoms with Crippen molar-refractivity contribution in [1.82, 2.24) is 0 Å². The van der Waals surface area contributed by atoms with E-state index in [1.165, 1.54) is 12.1 Å². The first-order valence-electron chi connectivity index (χ1n) is 6.86. The van der Waals surface area contributed by atoms with Gasteiger partial charge in [0.2, 0.25) is 0 Å². The number of aryl methyl sites for hydroxylation is 2. The molecule has 2 aromatic carbocycles. The highest BCUT2D eigenvalue weighted by Crippen LogP contribution is 2.19. The number of esters is 1. The average molecular weight is 336 g/mol. The van der Waals surface area contributed by atoms with Gasteiger partial charge in [-0.15, -0.1) is 0 Å². The fourth-order valence-electron chi connectivity index (χ4n) is 2.02. The summed E-state index contributed by atoms with van der Waals surface area (Å²) in [6, 6.07) is 9.09. The van der Waals surface area contributed by atoms with E-state index in [1.54, 1.807) is 19.1 Å². The van der Waals surface area contributed by atoms with Crippen molar-refractivity contribution >= 4 is 29.2 Å². The van der Waals surface area contributed by atoms with E-state index in [4.69, 9.17) is 16.3 Å². The third kappa shape index (κ3) is 4.53. The maximum Gasteiger partial charge on any atom is 0.338 e. The SMILES string of the molecule is Cc1ccc(C(=O)OCC(=O)Nc2ccc(F)c(Cl)c2)c(C)c1. The summed E-state index contributed by atoms with van der Waals surface area (Å²) in [6.07, 6.45) is 0. The van der Waals surface area contributed by atoms with Gasteiger partial charge in [0.25, 0.3) is 5.91 Å². The number of hydrogen-bond acceptors (Lipinski definition) is 3. The molecular formula is C17H15ClFNO3. The van der Waals surface area contributed by atoms with Crippen LogP contribution in [0.1, 0.15) is 21.5 Å². The predicted octanol–water partition coefficient (Wildman–Crippen LogP) is 3.89. The van der Waals surface area contributed by atoms with Gasteiger partial charge < -0.3 is 10.1 Å². The molecule has 0 aliphatic rings. The van der Waals surface area contributed by atoms with Gasteiger partial charge in [0.1, 0.15) is 5.82 Å². The van der Waals surface area contributed by atoms with Crippen LogP contribution in [0.25, 0.3) is 0 Å². The lowest BCUT2D eigenvalue weighted by molar-refractivity contribution is -0.119. The monoisotopic (exact) mass is 335 g/mol. The van der Waals surface area contributed by atoms with E-state index >= 15 is 0 Å². The maximum atomic E-state index is 13.0. The van der Waals surface area contributed by atoms with Gasteiger partial charge in [-0.1, -0.05) is 29.3 Å². The van der Waals surface area contributed by atoms with Crippen LogP contribution in [-0.4, -0.2) is 18.5 Å². The number of ether oxygens (including phenoxy) is 1. The van der Waals surface area contributed by atoms with Crippen molar-refractivity contribution < 1.29 is 18.7 Å². The van der Waals surface area contributed by atoms with Gasteiger partial charge in [-0.25, -0.2) is 9.18 Å². The largest absolute Gasteiger partial charge is 0.452 e. The van der Waals surface area contributed by atoms with Crippen molar-refractivity contribution in [3.63, 3.8) is 0 Å². The standard InChI is InChI=1S/C17H15ClFNO3/c1-10-3-5-13(11(2)7-10)17(22)23-9-16(21)20-12-4-6-15(19)14(18)8-12/h3-8H,9H2,1-2H3,(H,20,21). The average Bonchev–Trinajstić information content (AvgIpc) is 2.48. The number of anilines is 1. The molecule has 2 rings (SSSR count). The quantitative estimate of drug-likeness (QED) is 0.862. The Balaban J connectivity index is 1.93. The third-order valence-electron chi connectivity index (χ3n) is 3.14. The number of carbonyl (C=O) groups is 2. The Bertz CT molecular complexity index is 761. The second kappa shape index (κ2) is 7.24. The molecule has 0 aliphatic carbocycles. The number of rotatable bonds is 4. The minimum atomic E-state index is -0.578. The second-order valence-corrected chi connectivity index (χ2v) is 5.48. The smallest absolute Gasteiger partial charge is 0.338 e. The van der Waals surface area contributed by atoms with Gasteiger partial charge in [-0.2, -0.15) is 0 Å². The van der Waals surface area contributed by atoms with Crippen molar-refractivity contribution in [2.24, 2.45) is 0 Å². The van der Waals surface area contributed by atoms with Gasteiger partial charge in [0.15, 0.2) is 6.61 Å². The first kappa shape index (κ1) is 17.0. The molecular weight excluding hydrogens is 321 g/mol. The molecule has 1 amide bonds. The predicted molar refractivity (Wildman–Crippen MR) is 86.2 cm³/mol. The van der Waals surface area contributed by atoms with Crippen LogP contribution in [-0.2, 0) is 9.53 Å². The minimum absolute atomic E-state index is 0.102. The maximum absolute atomic E-state index is 13.0. The first-order valence-corrected chi connectivity index (χ1v) is 7.24. The highest BCUT2D eigenvalue weighted by atomic mass is 35.5. The van der Waals surface area contributed by atoms with Crippen molar-refractivity contribution in [3.8, 4) is 0 Å². The molecule has 120 valence electrons. The molecule has 23 heavy (non-hydrogen) atoms. The fourth-order valence-corrected chi connectivity index (χ4v) is 2.20. The number of amides is 1. The zero-order chi connectivity index (χ0) is 17.0. The molecule has 0 aliphatic heterocycles. The Morgan fingerprint density at radius 3 is 2.57 bits per heavy atom. The van der Waals surface area contributed by atoms with E-state index in [9.17, 15) is 14.0 Å². The molecule has 1 N–H and O–H groups in total. The molecule has 0 fully saturated rings. The lowest BCUT2D eigenvalue weighted by atomic mass is 10.1. The summed E-state index contributed by atoms with van der Waals surface area (Å²) in [6.45, 7) is 3.27. The molecule has 0 aromatic heterocycles. The number of halogens is 2. The molecule has 0 saturated heterocycles. The van der Waals surface area contributed by atoms with Crippen molar-refractivity contribution in [1.29, 1.82) is 0 Å². The van der Waals surface area contributed by atoms with Crippen LogP contribution in [0.5, 0.6) is 0 Å². The third-order valence-corrected chi connectivity index (χ3v) is 3.43. The lowest BCUT2D eigenvalue weighted by Crippen LogP contribution is -2.21. The highest BCUT2D eigenvalue weighted by molar-refractivity contribution is 6.31. The summed E-state index contributed by atoms with van der Waals surface area (Å²) in [4.78, 5) is 23.7. The van der Waals surface area contributed by atoms with Gasteiger partial charge in [-0.05, 0) is 43.7 Å².